The fourth-order valence-electron chi connectivity index (χ4n) is 4.90. The van der Waals surface area contributed by atoms with Gasteiger partial charge >= 0.3 is 0 Å². The number of rotatable bonds is 2. The van der Waals surface area contributed by atoms with Gasteiger partial charge in [-0.15, -0.1) is 0 Å². The van der Waals surface area contributed by atoms with Gasteiger partial charge in [-0.3, -0.25) is 4.98 Å². The van der Waals surface area contributed by atoms with E-state index in [1.807, 2.05) is 30.3 Å². The molecule has 0 spiro atoms. The highest BCUT2D eigenvalue weighted by molar-refractivity contribution is 6.17. The van der Waals surface area contributed by atoms with Gasteiger partial charge in [0.1, 0.15) is 17.2 Å². The van der Waals surface area contributed by atoms with Crippen LogP contribution in [-0.4, -0.2) is 9.55 Å². The number of aromatic nitrogens is 2. The Hall–Kier alpha value is -4.88. The van der Waals surface area contributed by atoms with Crippen LogP contribution in [0.2, 0.25) is 0 Å². The third-order valence-corrected chi connectivity index (χ3v) is 6.46. The highest BCUT2D eigenvalue weighted by Crippen LogP contribution is 2.38. The molecular weight excluding hydrogens is 418 g/mol. The van der Waals surface area contributed by atoms with E-state index in [9.17, 15) is 0 Å². The average Bonchev–Trinajstić information content (AvgIpc) is 3.42. The van der Waals surface area contributed by atoms with E-state index in [0.717, 1.165) is 55.3 Å². The van der Waals surface area contributed by atoms with Crippen LogP contribution in [0.25, 0.3) is 60.7 Å². The summed E-state index contributed by atoms with van der Waals surface area (Å²) >= 11 is 0. The number of nitrogens with zero attached hydrogens (tertiary/aromatic N) is 3. The Kier molecular flexibility index (Phi) is 3.88. The SMILES string of the molecule is N#Cc1ccc(-c2cccc(-n3c4ccccc4c4cc5oc6ccccc6c5cc43)c2)nc1. The lowest BCUT2D eigenvalue weighted by molar-refractivity contribution is 0.669. The zero-order valence-electron chi connectivity index (χ0n) is 18.1. The zero-order valence-corrected chi connectivity index (χ0v) is 18.1. The van der Waals surface area contributed by atoms with E-state index in [-0.39, 0.29) is 0 Å². The minimum absolute atomic E-state index is 0.554. The smallest absolute Gasteiger partial charge is 0.136 e. The van der Waals surface area contributed by atoms with Crippen molar-refractivity contribution >= 4 is 43.7 Å². The molecule has 4 heteroatoms. The molecule has 0 aliphatic carbocycles. The molecule has 0 atom stereocenters. The van der Waals surface area contributed by atoms with Gasteiger partial charge < -0.3 is 8.98 Å². The molecule has 0 unspecified atom stereocenters. The van der Waals surface area contributed by atoms with Crippen molar-refractivity contribution in [2.45, 2.75) is 0 Å². The van der Waals surface area contributed by atoms with Gasteiger partial charge in [-0.25, -0.2) is 0 Å². The summed E-state index contributed by atoms with van der Waals surface area (Å²) in [5.41, 5.74) is 7.51. The van der Waals surface area contributed by atoms with Gasteiger partial charge in [0.05, 0.1) is 22.3 Å². The normalized spacial score (nSPS) is 11.5. The van der Waals surface area contributed by atoms with Crippen LogP contribution in [0, 0.1) is 11.3 Å². The van der Waals surface area contributed by atoms with E-state index in [1.54, 1.807) is 12.3 Å². The summed E-state index contributed by atoms with van der Waals surface area (Å²) < 4.78 is 8.48. The fraction of sp³-hybridized carbons (Fsp3) is 0. The van der Waals surface area contributed by atoms with Crippen molar-refractivity contribution in [3.63, 3.8) is 0 Å². The summed E-state index contributed by atoms with van der Waals surface area (Å²) in [6, 6.07) is 35.2. The minimum atomic E-state index is 0.554. The molecule has 4 aromatic carbocycles. The number of benzene rings is 4. The van der Waals surface area contributed by atoms with E-state index in [2.05, 4.69) is 76.3 Å². The van der Waals surface area contributed by atoms with Crippen molar-refractivity contribution in [3.8, 4) is 23.0 Å². The highest BCUT2D eigenvalue weighted by atomic mass is 16.3. The van der Waals surface area contributed by atoms with E-state index in [4.69, 9.17) is 9.68 Å². The molecule has 0 fully saturated rings. The highest BCUT2D eigenvalue weighted by Gasteiger charge is 2.16. The van der Waals surface area contributed by atoms with Crippen molar-refractivity contribution in [2.24, 2.45) is 0 Å². The Labute approximate surface area is 194 Å². The molecule has 0 aliphatic rings. The molecule has 0 bridgehead atoms. The summed E-state index contributed by atoms with van der Waals surface area (Å²) in [5.74, 6) is 0. The Balaban J connectivity index is 1.53. The third kappa shape index (κ3) is 2.68. The largest absolute Gasteiger partial charge is 0.456 e. The van der Waals surface area contributed by atoms with Gasteiger partial charge in [0.25, 0.3) is 0 Å². The first-order valence-corrected chi connectivity index (χ1v) is 11.1. The number of hydrogen-bond donors (Lipinski definition) is 0. The molecule has 7 aromatic rings. The predicted molar refractivity (Wildman–Crippen MR) is 136 cm³/mol. The number of nitriles is 1. The number of para-hydroxylation sites is 2. The number of hydrogen-bond acceptors (Lipinski definition) is 3. The lowest BCUT2D eigenvalue weighted by Crippen LogP contribution is -1.94. The lowest BCUT2D eigenvalue weighted by Gasteiger charge is -2.10. The molecule has 0 radical (unpaired) electrons. The van der Waals surface area contributed by atoms with Crippen LogP contribution in [-0.2, 0) is 0 Å². The van der Waals surface area contributed by atoms with Crippen LogP contribution in [0.3, 0.4) is 0 Å². The lowest BCUT2D eigenvalue weighted by atomic mass is 10.1. The van der Waals surface area contributed by atoms with Crippen molar-refractivity contribution in [2.75, 3.05) is 0 Å². The standard InChI is InChI=1S/C30H17N3O/c31-17-19-12-13-26(32-18-19)20-6-5-7-21(14-20)33-27-10-3-1-8-22(27)24-16-30-25(15-28(24)33)23-9-2-4-11-29(23)34-30/h1-16,18H. The minimum Gasteiger partial charge on any atom is -0.456 e. The molecule has 0 aliphatic heterocycles. The van der Waals surface area contributed by atoms with Crippen molar-refractivity contribution in [3.05, 3.63) is 109 Å². The van der Waals surface area contributed by atoms with Gasteiger partial charge in [-0.05, 0) is 48.5 Å². The maximum absolute atomic E-state index is 9.10. The summed E-state index contributed by atoms with van der Waals surface area (Å²) in [5, 5.41) is 13.7. The molecule has 3 heterocycles. The van der Waals surface area contributed by atoms with Gasteiger partial charge in [0, 0.05) is 39.0 Å². The first-order chi connectivity index (χ1) is 16.8. The molecule has 4 nitrogen and oxygen atoms in total. The van der Waals surface area contributed by atoms with Crippen molar-refractivity contribution < 1.29 is 4.42 Å². The maximum Gasteiger partial charge on any atom is 0.136 e. The molecule has 0 N–H and O–H groups in total. The monoisotopic (exact) mass is 435 g/mol. The van der Waals surface area contributed by atoms with E-state index >= 15 is 0 Å². The second kappa shape index (κ2) is 7.06. The van der Waals surface area contributed by atoms with Crippen molar-refractivity contribution in [1.82, 2.24) is 9.55 Å². The first-order valence-electron chi connectivity index (χ1n) is 11.1. The molecule has 3 aromatic heterocycles. The third-order valence-electron chi connectivity index (χ3n) is 6.46. The Morgan fingerprint density at radius 2 is 1.53 bits per heavy atom. The summed E-state index contributed by atoms with van der Waals surface area (Å²) in [7, 11) is 0. The van der Waals surface area contributed by atoms with Crippen LogP contribution in [0.15, 0.2) is 108 Å². The molecule has 0 saturated heterocycles. The van der Waals surface area contributed by atoms with Gasteiger partial charge in [-0.2, -0.15) is 5.26 Å². The van der Waals surface area contributed by atoms with Gasteiger partial charge in [-0.1, -0.05) is 48.5 Å². The van der Waals surface area contributed by atoms with Crippen LogP contribution in [0.5, 0.6) is 0 Å². The van der Waals surface area contributed by atoms with E-state index in [0.29, 0.717) is 5.56 Å². The molecule has 158 valence electrons. The quantitative estimate of drug-likeness (QED) is 0.281. The number of pyridine rings is 1. The zero-order chi connectivity index (χ0) is 22.6. The summed E-state index contributed by atoms with van der Waals surface area (Å²) in [6.45, 7) is 0. The van der Waals surface area contributed by atoms with E-state index < -0.39 is 0 Å². The topological polar surface area (TPSA) is 54.8 Å². The molecule has 0 amide bonds. The predicted octanol–water partition coefficient (Wildman–Crippen LogP) is 7.62. The van der Waals surface area contributed by atoms with Gasteiger partial charge in [0.2, 0.25) is 0 Å². The summed E-state index contributed by atoms with van der Waals surface area (Å²) in [6.07, 6.45) is 1.61. The molecule has 0 saturated carbocycles. The average molecular weight is 435 g/mol. The molecule has 34 heavy (non-hydrogen) atoms. The fourth-order valence-corrected chi connectivity index (χ4v) is 4.90. The van der Waals surface area contributed by atoms with Crippen LogP contribution in [0.1, 0.15) is 5.56 Å². The summed E-state index contributed by atoms with van der Waals surface area (Å²) in [4.78, 5) is 4.49. The molecule has 7 rings (SSSR count). The van der Waals surface area contributed by atoms with Crippen molar-refractivity contribution in [1.29, 1.82) is 5.26 Å². The Bertz CT molecular complexity index is 1920. The maximum atomic E-state index is 9.10. The number of fused-ring (bicyclic) bond motifs is 6. The Morgan fingerprint density at radius 3 is 2.38 bits per heavy atom. The second-order valence-corrected chi connectivity index (χ2v) is 8.41. The second-order valence-electron chi connectivity index (χ2n) is 8.41. The van der Waals surface area contributed by atoms with E-state index in [1.165, 1.54) is 5.39 Å². The van der Waals surface area contributed by atoms with Gasteiger partial charge in [0.15, 0.2) is 0 Å². The molecular formula is C30H17N3O. The van der Waals surface area contributed by atoms with Crippen LogP contribution in [0.4, 0.5) is 0 Å². The number of furan rings is 1. The van der Waals surface area contributed by atoms with Crippen LogP contribution < -0.4 is 0 Å². The first kappa shape index (κ1) is 18.7. The van der Waals surface area contributed by atoms with Crippen LogP contribution >= 0.6 is 0 Å². The Morgan fingerprint density at radius 1 is 0.676 bits per heavy atom.